The van der Waals surface area contributed by atoms with Crippen molar-refractivity contribution >= 4 is 11.8 Å². The quantitative estimate of drug-likeness (QED) is 0.873. The van der Waals surface area contributed by atoms with Crippen LogP contribution in [0, 0.1) is 0 Å². The van der Waals surface area contributed by atoms with Crippen molar-refractivity contribution < 1.29 is 4.74 Å². The molecule has 3 rings (SSSR count). The number of piperidine rings is 1. The molecule has 2 heterocycles. The summed E-state index contributed by atoms with van der Waals surface area (Å²) in [5, 5.41) is 3.32. The van der Waals surface area contributed by atoms with Gasteiger partial charge in [-0.05, 0) is 49.4 Å². The number of nitrogens with zero attached hydrogens (tertiary/aromatic N) is 3. The lowest BCUT2D eigenvalue weighted by atomic mass is 10.0. The molecule has 1 aliphatic rings. The molecule has 128 valence electrons. The van der Waals surface area contributed by atoms with Crippen LogP contribution in [0.15, 0.2) is 36.5 Å². The predicted octanol–water partition coefficient (Wildman–Crippen LogP) is 3.87. The van der Waals surface area contributed by atoms with E-state index in [0.29, 0.717) is 18.5 Å². The zero-order valence-electron chi connectivity index (χ0n) is 14.5. The van der Waals surface area contributed by atoms with Crippen LogP contribution in [-0.4, -0.2) is 29.7 Å². The molecule has 1 N–H and O–H groups in total. The van der Waals surface area contributed by atoms with Crippen molar-refractivity contribution in [3.63, 3.8) is 0 Å². The molecule has 1 saturated heterocycles. The first-order valence-corrected chi connectivity index (χ1v) is 8.76. The third kappa shape index (κ3) is 3.96. The average molecular weight is 326 g/mol. The highest BCUT2D eigenvalue weighted by Gasteiger charge is 2.22. The third-order valence-corrected chi connectivity index (χ3v) is 4.64. The van der Waals surface area contributed by atoms with Crippen molar-refractivity contribution in [2.24, 2.45) is 0 Å². The average Bonchev–Trinajstić information content (AvgIpc) is 2.67. The number of hydrogen-bond donors (Lipinski definition) is 1. The number of benzene rings is 1. The number of anilines is 2. The number of rotatable bonds is 6. The highest BCUT2D eigenvalue weighted by Crippen LogP contribution is 2.25. The molecule has 0 saturated carbocycles. The highest BCUT2D eigenvalue weighted by atomic mass is 16.5. The van der Waals surface area contributed by atoms with Crippen molar-refractivity contribution in [3.05, 3.63) is 42.1 Å². The van der Waals surface area contributed by atoms with Gasteiger partial charge in [0.25, 0.3) is 0 Å². The Labute approximate surface area is 144 Å². The lowest BCUT2D eigenvalue weighted by Gasteiger charge is -2.36. The Hall–Kier alpha value is -2.30. The van der Waals surface area contributed by atoms with Crippen molar-refractivity contribution in [3.8, 4) is 5.75 Å². The summed E-state index contributed by atoms with van der Waals surface area (Å²) in [4.78, 5) is 11.5. The molecule has 0 radical (unpaired) electrons. The minimum Gasteiger partial charge on any atom is -0.497 e. The van der Waals surface area contributed by atoms with E-state index in [4.69, 9.17) is 9.72 Å². The van der Waals surface area contributed by atoms with Gasteiger partial charge in [-0.25, -0.2) is 4.98 Å². The molecule has 1 unspecified atom stereocenters. The van der Waals surface area contributed by atoms with Gasteiger partial charge in [-0.1, -0.05) is 19.1 Å². The Balaban J connectivity index is 1.66. The van der Waals surface area contributed by atoms with Gasteiger partial charge < -0.3 is 15.0 Å². The highest BCUT2D eigenvalue weighted by molar-refractivity contribution is 5.44. The van der Waals surface area contributed by atoms with Crippen LogP contribution in [-0.2, 0) is 6.54 Å². The van der Waals surface area contributed by atoms with E-state index in [9.17, 15) is 0 Å². The Morgan fingerprint density at radius 2 is 2.04 bits per heavy atom. The lowest BCUT2D eigenvalue weighted by Crippen LogP contribution is -2.39. The summed E-state index contributed by atoms with van der Waals surface area (Å²) >= 11 is 0. The summed E-state index contributed by atoms with van der Waals surface area (Å²) in [6.07, 6.45) is 6.84. The van der Waals surface area contributed by atoms with Crippen LogP contribution in [0.5, 0.6) is 5.75 Å². The van der Waals surface area contributed by atoms with Gasteiger partial charge in [-0.2, -0.15) is 4.98 Å². The molecule has 1 atom stereocenters. The molecule has 0 aliphatic carbocycles. The second kappa shape index (κ2) is 7.99. The molecule has 0 amide bonds. The van der Waals surface area contributed by atoms with Crippen LogP contribution in [0.4, 0.5) is 11.8 Å². The molecule has 5 nitrogen and oxygen atoms in total. The van der Waals surface area contributed by atoms with E-state index in [0.717, 1.165) is 18.1 Å². The summed E-state index contributed by atoms with van der Waals surface area (Å²) in [7, 11) is 1.68. The molecule has 24 heavy (non-hydrogen) atoms. The van der Waals surface area contributed by atoms with Crippen molar-refractivity contribution in [2.45, 2.75) is 45.2 Å². The molecule has 5 heteroatoms. The largest absolute Gasteiger partial charge is 0.497 e. The molecular formula is C19H26N4O. The maximum Gasteiger partial charge on any atom is 0.224 e. The van der Waals surface area contributed by atoms with Crippen molar-refractivity contribution in [1.82, 2.24) is 9.97 Å². The molecule has 1 aliphatic heterocycles. The zero-order valence-corrected chi connectivity index (χ0v) is 14.5. The van der Waals surface area contributed by atoms with E-state index in [1.54, 1.807) is 7.11 Å². The first-order valence-electron chi connectivity index (χ1n) is 8.76. The molecule has 2 aromatic rings. The standard InChI is InChI=1S/C19H26N4O/c1-3-16-6-4-5-13-23(16)18-11-12-20-19(22-18)21-14-15-7-9-17(24-2)10-8-15/h7-12,16H,3-6,13-14H2,1-2H3,(H,20,21,22). The van der Waals surface area contributed by atoms with Gasteiger partial charge in [0.05, 0.1) is 7.11 Å². The van der Waals surface area contributed by atoms with Gasteiger partial charge in [0, 0.05) is 25.3 Å². The number of ether oxygens (including phenoxy) is 1. The monoisotopic (exact) mass is 326 g/mol. The summed E-state index contributed by atoms with van der Waals surface area (Å²) in [5.41, 5.74) is 1.18. The SMILES string of the molecule is CCC1CCCCN1c1ccnc(NCc2ccc(OC)cc2)n1. The van der Waals surface area contributed by atoms with Gasteiger partial charge in [0.2, 0.25) is 5.95 Å². The minimum absolute atomic E-state index is 0.600. The summed E-state index contributed by atoms with van der Waals surface area (Å²) in [6.45, 7) is 4.05. The number of methoxy groups -OCH3 is 1. The second-order valence-electron chi connectivity index (χ2n) is 6.19. The lowest BCUT2D eigenvalue weighted by molar-refractivity contribution is 0.414. The summed E-state index contributed by atoms with van der Waals surface area (Å²) in [6, 6.07) is 10.7. The number of hydrogen-bond acceptors (Lipinski definition) is 5. The van der Waals surface area contributed by atoms with Gasteiger partial charge in [-0.3, -0.25) is 0 Å². The minimum atomic E-state index is 0.600. The van der Waals surface area contributed by atoms with E-state index in [2.05, 4.69) is 22.1 Å². The summed E-state index contributed by atoms with van der Waals surface area (Å²) < 4.78 is 5.18. The Morgan fingerprint density at radius 3 is 2.79 bits per heavy atom. The fraction of sp³-hybridized carbons (Fsp3) is 0.474. The Morgan fingerprint density at radius 1 is 1.21 bits per heavy atom. The van der Waals surface area contributed by atoms with Gasteiger partial charge >= 0.3 is 0 Å². The second-order valence-corrected chi connectivity index (χ2v) is 6.19. The fourth-order valence-electron chi connectivity index (χ4n) is 3.25. The topological polar surface area (TPSA) is 50.3 Å². The van der Waals surface area contributed by atoms with Crippen LogP contribution in [0.2, 0.25) is 0 Å². The normalized spacial score (nSPS) is 17.6. The first kappa shape index (κ1) is 16.6. The van der Waals surface area contributed by atoms with Crippen LogP contribution in [0.1, 0.15) is 38.2 Å². The summed E-state index contributed by atoms with van der Waals surface area (Å²) in [5.74, 6) is 2.59. The van der Waals surface area contributed by atoms with Crippen LogP contribution < -0.4 is 15.0 Å². The molecular weight excluding hydrogens is 300 g/mol. The van der Waals surface area contributed by atoms with E-state index < -0.39 is 0 Å². The van der Waals surface area contributed by atoms with Crippen LogP contribution >= 0.6 is 0 Å². The van der Waals surface area contributed by atoms with Gasteiger partial charge in [0.1, 0.15) is 11.6 Å². The smallest absolute Gasteiger partial charge is 0.224 e. The van der Waals surface area contributed by atoms with Gasteiger partial charge in [0.15, 0.2) is 0 Å². The third-order valence-electron chi connectivity index (χ3n) is 4.64. The van der Waals surface area contributed by atoms with E-state index >= 15 is 0 Å². The maximum absolute atomic E-state index is 5.18. The molecule has 1 aromatic heterocycles. The predicted molar refractivity (Wildman–Crippen MR) is 97.6 cm³/mol. The molecule has 1 fully saturated rings. The number of nitrogens with one attached hydrogen (secondary N) is 1. The van der Waals surface area contributed by atoms with E-state index in [1.807, 2.05) is 36.5 Å². The Bertz CT molecular complexity index is 644. The molecule has 0 bridgehead atoms. The number of aromatic nitrogens is 2. The van der Waals surface area contributed by atoms with Crippen molar-refractivity contribution in [2.75, 3.05) is 23.9 Å². The van der Waals surface area contributed by atoms with Crippen molar-refractivity contribution in [1.29, 1.82) is 0 Å². The Kier molecular flexibility index (Phi) is 5.51. The van der Waals surface area contributed by atoms with Gasteiger partial charge in [-0.15, -0.1) is 0 Å². The zero-order chi connectivity index (χ0) is 16.8. The first-order chi connectivity index (χ1) is 11.8. The molecule has 0 spiro atoms. The van der Waals surface area contributed by atoms with E-state index in [1.165, 1.54) is 31.2 Å². The fourth-order valence-corrected chi connectivity index (χ4v) is 3.25. The van der Waals surface area contributed by atoms with E-state index in [-0.39, 0.29) is 0 Å². The molecule has 1 aromatic carbocycles. The maximum atomic E-state index is 5.18. The van der Waals surface area contributed by atoms with Crippen LogP contribution in [0.25, 0.3) is 0 Å². The van der Waals surface area contributed by atoms with Crippen LogP contribution in [0.3, 0.4) is 0 Å².